The molecule has 5 rings (SSSR count). The van der Waals surface area contributed by atoms with Crippen molar-refractivity contribution in [2.45, 2.75) is 20.1 Å². The Bertz CT molecular complexity index is 1630. The number of rotatable bonds is 4. The molecular weight excluding hydrogens is 444 g/mol. The lowest BCUT2D eigenvalue weighted by atomic mass is 10.0. The number of aliphatic hydroxyl groups is 2. The summed E-state index contributed by atoms with van der Waals surface area (Å²) in [4.78, 5) is 38.8. The molecule has 2 aromatic heterocycles. The maximum Gasteiger partial charge on any atom is 0.335 e. The highest BCUT2D eigenvalue weighted by molar-refractivity contribution is 6.01. The van der Waals surface area contributed by atoms with Gasteiger partial charge in [-0.3, -0.25) is 9.59 Å². The number of benzene rings is 3. The smallest absolute Gasteiger partial charge is 0.335 e. The van der Waals surface area contributed by atoms with Crippen molar-refractivity contribution >= 4 is 27.9 Å². The van der Waals surface area contributed by atoms with Crippen molar-refractivity contribution in [1.29, 1.82) is 0 Å². The Morgan fingerprint density at radius 3 is 1.71 bits per heavy atom. The molecule has 0 fully saturated rings. The van der Waals surface area contributed by atoms with Crippen LogP contribution in [0.25, 0.3) is 33.3 Å². The highest BCUT2D eigenvalue weighted by atomic mass is 16.7. The quantitative estimate of drug-likeness (QED) is 0.345. The number of carboxylic acids is 1. The Morgan fingerprint density at radius 1 is 0.794 bits per heavy atom. The molecule has 10 heteroatoms. The number of carbonyl (C=O) groups is 1. The molecule has 0 unspecified atom stereocenters. The van der Waals surface area contributed by atoms with E-state index in [2.05, 4.69) is 0 Å². The normalized spacial score (nSPS) is 11.7. The number of nitrogens with zero attached hydrogens (tertiary/aromatic N) is 2. The Morgan fingerprint density at radius 2 is 1.26 bits per heavy atom. The van der Waals surface area contributed by atoms with Gasteiger partial charge in [-0.1, -0.05) is 12.1 Å². The molecule has 0 aliphatic rings. The summed E-state index contributed by atoms with van der Waals surface area (Å²) in [5.41, 5.74) is 1.35. The van der Waals surface area contributed by atoms with Crippen molar-refractivity contribution < 1.29 is 29.2 Å². The molecule has 0 amide bonds. The first-order valence-electron chi connectivity index (χ1n) is 10.2. The van der Waals surface area contributed by atoms with Crippen LogP contribution in [0.1, 0.15) is 33.3 Å². The standard InChI is InChI=1S/C24H18N2O8/c1-11-17-18(22(28)25(21(17)27)15-7-3-13(4-8-15)23(29)30)12(2)20-19(11)33-26(34-20)16-9-5-14(6-10-16)24(31)32/h3-10,24,31-32H,1-2H3,(H,29,30). The van der Waals surface area contributed by atoms with Crippen LogP contribution in [-0.4, -0.2) is 30.8 Å². The van der Waals surface area contributed by atoms with Crippen LogP contribution in [0.3, 0.4) is 0 Å². The van der Waals surface area contributed by atoms with Gasteiger partial charge in [-0.05, 0) is 55.2 Å². The average Bonchev–Trinajstić information content (AvgIpc) is 3.38. The maximum absolute atomic E-state index is 13.3. The zero-order valence-corrected chi connectivity index (χ0v) is 18.0. The van der Waals surface area contributed by atoms with Crippen LogP contribution in [0.15, 0.2) is 67.2 Å². The van der Waals surface area contributed by atoms with E-state index < -0.39 is 23.4 Å². The third kappa shape index (κ3) is 3.08. The summed E-state index contributed by atoms with van der Waals surface area (Å²) < 4.78 is 12.7. The molecule has 0 aliphatic heterocycles. The number of hydrogen-bond donors (Lipinski definition) is 3. The van der Waals surface area contributed by atoms with E-state index in [1.54, 1.807) is 26.0 Å². The minimum absolute atomic E-state index is 0.0371. The van der Waals surface area contributed by atoms with Crippen molar-refractivity contribution in [2.75, 3.05) is 0 Å². The second-order valence-electron chi connectivity index (χ2n) is 7.86. The summed E-state index contributed by atoms with van der Waals surface area (Å²) in [7, 11) is 0. The summed E-state index contributed by atoms with van der Waals surface area (Å²) in [6, 6.07) is 11.6. The largest absolute Gasteiger partial charge is 0.478 e. The van der Waals surface area contributed by atoms with Gasteiger partial charge in [-0.15, -0.1) is 0 Å². The summed E-state index contributed by atoms with van der Waals surface area (Å²) in [6.45, 7) is 3.30. The van der Waals surface area contributed by atoms with Crippen molar-refractivity contribution in [3.05, 3.63) is 91.5 Å². The van der Waals surface area contributed by atoms with Gasteiger partial charge in [0.15, 0.2) is 6.29 Å². The first-order valence-corrected chi connectivity index (χ1v) is 10.2. The molecule has 172 valence electrons. The fourth-order valence-corrected chi connectivity index (χ4v) is 4.06. The van der Waals surface area contributed by atoms with Crippen LogP contribution in [0, 0.1) is 13.8 Å². The van der Waals surface area contributed by atoms with Crippen LogP contribution in [0.2, 0.25) is 0 Å². The minimum Gasteiger partial charge on any atom is -0.478 e. The Kier molecular flexibility index (Phi) is 4.78. The molecule has 3 aromatic carbocycles. The molecule has 0 saturated carbocycles. The highest BCUT2D eigenvalue weighted by Gasteiger charge is 2.25. The van der Waals surface area contributed by atoms with E-state index in [1.165, 1.54) is 36.4 Å². The van der Waals surface area contributed by atoms with E-state index in [-0.39, 0.29) is 33.2 Å². The number of aromatic nitrogens is 2. The van der Waals surface area contributed by atoms with Crippen LogP contribution >= 0.6 is 0 Å². The number of aryl methyl sites for hydroxylation is 2. The van der Waals surface area contributed by atoms with Gasteiger partial charge in [0, 0.05) is 16.7 Å². The van der Waals surface area contributed by atoms with Crippen molar-refractivity contribution in [2.24, 2.45) is 0 Å². The van der Waals surface area contributed by atoms with Gasteiger partial charge in [-0.2, -0.15) is 0 Å². The number of carboxylic acid groups (broad SMARTS) is 1. The van der Waals surface area contributed by atoms with Gasteiger partial charge >= 0.3 is 5.97 Å². The van der Waals surface area contributed by atoms with E-state index in [0.717, 1.165) is 9.48 Å². The Labute approximate surface area is 190 Å². The lowest BCUT2D eigenvalue weighted by molar-refractivity contribution is -0.0425. The van der Waals surface area contributed by atoms with Crippen LogP contribution < -0.4 is 11.1 Å². The molecule has 0 saturated heterocycles. The number of aliphatic hydroxyl groups excluding tert-OH is 1. The molecule has 2 heterocycles. The average molecular weight is 462 g/mol. The Balaban J connectivity index is 1.72. The molecule has 10 nitrogen and oxygen atoms in total. The molecule has 0 bridgehead atoms. The SMILES string of the molecule is Cc1c2on(-c3ccc(C(O)O)cc3)oc2c(C)c2c(=O)n(-c3ccc(C(=O)O)cc3)c(=O)c12. The molecule has 5 aromatic rings. The molecule has 0 radical (unpaired) electrons. The second kappa shape index (κ2) is 7.58. The van der Waals surface area contributed by atoms with Gasteiger partial charge in [-0.25, -0.2) is 9.36 Å². The molecule has 0 aliphatic carbocycles. The first kappa shape index (κ1) is 21.4. The number of hydrogen-bond acceptors (Lipinski definition) is 7. The van der Waals surface area contributed by atoms with Gasteiger partial charge in [0.1, 0.15) is 5.69 Å². The van der Waals surface area contributed by atoms with Gasteiger partial charge in [0.2, 0.25) is 11.2 Å². The second-order valence-corrected chi connectivity index (χ2v) is 7.86. The third-order valence-corrected chi connectivity index (χ3v) is 5.84. The third-order valence-electron chi connectivity index (χ3n) is 5.84. The maximum atomic E-state index is 13.3. The van der Waals surface area contributed by atoms with Crippen LogP contribution in [0.4, 0.5) is 0 Å². The topological polar surface area (TPSA) is 148 Å². The fourth-order valence-electron chi connectivity index (χ4n) is 4.06. The summed E-state index contributed by atoms with van der Waals surface area (Å²) in [5.74, 6) is -1.11. The first-order chi connectivity index (χ1) is 16.2. The van der Waals surface area contributed by atoms with E-state index in [1.807, 2.05) is 0 Å². The minimum atomic E-state index is -1.61. The summed E-state index contributed by atoms with van der Waals surface area (Å²) in [6.07, 6.45) is -1.61. The van der Waals surface area contributed by atoms with Gasteiger partial charge in [0.25, 0.3) is 11.1 Å². The van der Waals surface area contributed by atoms with E-state index in [0.29, 0.717) is 22.4 Å². The van der Waals surface area contributed by atoms with Crippen molar-refractivity contribution in [1.82, 2.24) is 9.48 Å². The van der Waals surface area contributed by atoms with Gasteiger partial charge in [0.05, 0.1) is 22.0 Å². The lowest BCUT2D eigenvalue weighted by Crippen LogP contribution is -2.23. The van der Waals surface area contributed by atoms with Gasteiger partial charge < -0.3 is 24.4 Å². The van der Waals surface area contributed by atoms with E-state index in [9.17, 15) is 24.6 Å². The predicted octanol–water partition coefficient (Wildman–Crippen LogP) is 2.78. The lowest BCUT2D eigenvalue weighted by Gasteiger charge is -2.04. The number of fused-ring (bicyclic) bond motifs is 2. The molecule has 3 N–H and O–H groups in total. The highest BCUT2D eigenvalue weighted by Crippen LogP contribution is 2.31. The fraction of sp³-hybridized carbons (Fsp3) is 0.125. The molecule has 0 spiro atoms. The van der Waals surface area contributed by atoms with E-state index in [4.69, 9.17) is 14.2 Å². The zero-order chi connectivity index (χ0) is 24.3. The van der Waals surface area contributed by atoms with Crippen molar-refractivity contribution in [3.8, 4) is 11.4 Å². The summed E-state index contributed by atoms with van der Waals surface area (Å²) in [5, 5.41) is 28.0. The summed E-state index contributed by atoms with van der Waals surface area (Å²) >= 11 is 0. The molecule has 34 heavy (non-hydrogen) atoms. The number of aromatic carboxylic acids is 1. The monoisotopic (exact) mass is 462 g/mol. The molecular formula is C24H18N2O8. The predicted molar refractivity (Wildman–Crippen MR) is 121 cm³/mol. The van der Waals surface area contributed by atoms with Crippen LogP contribution in [-0.2, 0) is 0 Å². The van der Waals surface area contributed by atoms with Crippen molar-refractivity contribution in [3.63, 3.8) is 0 Å². The molecule has 0 atom stereocenters. The zero-order valence-electron chi connectivity index (χ0n) is 18.0. The Hall–Kier alpha value is -4.41. The van der Waals surface area contributed by atoms with E-state index >= 15 is 0 Å². The van der Waals surface area contributed by atoms with Crippen LogP contribution in [0.5, 0.6) is 0 Å².